The van der Waals surface area contributed by atoms with Crippen LogP contribution >= 0.6 is 11.3 Å². The maximum atomic E-state index is 14.0. The zero-order valence-electron chi connectivity index (χ0n) is 16.1. The largest absolute Gasteiger partial charge is 0.338 e. The number of likely N-dealkylation sites (tertiary alicyclic amines) is 1. The molecule has 1 atom stereocenters. The van der Waals surface area contributed by atoms with Crippen LogP contribution in [0, 0.1) is 17.5 Å². The van der Waals surface area contributed by atoms with Crippen LogP contribution in [0.4, 0.5) is 18.9 Å². The Kier molecular flexibility index (Phi) is 5.99. The lowest BCUT2D eigenvalue weighted by Gasteiger charge is -2.31. The van der Waals surface area contributed by atoms with E-state index in [0.29, 0.717) is 30.1 Å². The van der Waals surface area contributed by atoms with E-state index in [2.05, 4.69) is 15.5 Å². The van der Waals surface area contributed by atoms with Crippen LogP contribution in [0.5, 0.6) is 0 Å². The Morgan fingerprint density at radius 3 is 2.55 bits per heavy atom. The van der Waals surface area contributed by atoms with Crippen molar-refractivity contribution in [2.75, 3.05) is 18.4 Å². The molecule has 31 heavy (non-hydrogen) atoms. The molecule has 2 amide bonds. The highest BCUT2D eigenvalue weighted by molar-refractivity contribution is 7.13. The van der Waals surface area contributed by atoms with E-state index in [4.69, 9.17) is 0 Å². The van der Waals surface area contributed by atoms with Gasteiger partial charge >= 0.3 is 0 Å². The van der Waals surface area contributed by atoms with Crippen LogP contribution in [-0.4, -0.2) is 40.0 Å². The molecule has 0 saturated carbocycles. The third-order valence-electron chi connectivity index (χ3n) is 4.95. The summed E-state index contributed by atoms with van der Waals surface area (Å²) in [5.74, 6) is -3.73. The number of carbonyl (C=O) groups is 2. The number of hydrogen-bond acceptors (Lipinski definition) is 5. The summed E-state index contributed by atoms with van der Waals surface area (Å²) in [6, 6.07) is 8.78. The van der Waals surface area contributed by atoms with Crippen molar-refractivity contribution in [3.8, 4) is 0 Å². The second-order valence-electron chi connectivity index (χ2n) is 7.10. The molecule has 10 heteroatoms. The number of amides is 2. The second-order valence-corrected chi connectivity index (χ2v) is 8.11. The number of piperidine rings is 1. The fourth-order valence-corrected chi connectivity index (χ4v) is 4.33. The number of carbonyl (C=O) groups excluding carboxylic acids is 2. The maximum absolute atomic E-state index is 14.0. The van der Waals surface area contributed by atoms with Crippen LogP contribution in [0.2, 0.25) is 0 Å². The third kappa shape index (κ3) is 4.58. The van der Waals surface area contributed by atoms with E-state index in [1.165, 1.54) is 29.2 Å². The minimum absolute atomic E-state index is 0.0999. The summed E-state index contributed by atoms with van der Waals surface area (Å²) < 4.78 is 41.3. The number of nitrogens with zero attached hydrogens (tertiary/aromatic N) is 3. The molecule has 0 spiro atoms. The molecule has 4 rings (SSSR count). The van der Waals surface area contributed by atoms with Crippen molar-refractivity contribution in [3.05, 3.63) is 75.5 Å². The molecule has 160 valence electrons. The Balaban J connectivity index is 1.46. The predicted octanol–water partition coefficient (Wildman–Crippen LogP) is 4.23. The molecular weight excluding hydrogens is 429 g/mol. The summed E-state index contributed by atoms with van der Waals surface area (Å²) in [7, 11) is 0. The normalized spacial score (nSPS) is 16.2. The van der Waals surface area contributed by atoms with Gasteiger partial charge in [0.1, 0.15) is 28.0 Å². The SMILES string of the molecule is O=C(Nc1cccc(F)c1)c1nnc(C2CCCN(C(=O)c3c(F)cccc3F)C2)s1. The summed E-state index contributed by atoms with van der Waals surface area (Å²) in [4.78, 5) is 26.5. The van der Waals surface area contributed by atoms with Gasteiger partial charge in [-0.05, 0) is 43.2 Å². The van der Waals surface area contributed by atoms with Crippen molar-refractivity contribution in [3.63, 3.8) is 0 Å². The number of nitrogens with one attached hydrogen (secondary N) is 1. The Hall–Kier alpha value is -3.27. The van der Waals surface area contributed by atoms with Gasteiger partial charge in [-0.2, -0.15) is 0 Å². The molecule has 2 aromatic carbocycles. The van der Waals surface area contributed by atoms with Gasteiger partial charge in [0.15, 0.2) is 0 Å². The highest BCUT2D eigenvalue weighted by Gasteiger charge is 2.31. The first-order valence-corrected chi connectivity index (χ1v) is 10.4. The highest BCUT2D eigenvalue weighted by Crippen LogP contribution is 2.30. The molecule has 1 aromatic heterocycles. The molecule has 1 aliphatic rings. The van der Waals surface area contributed by atoms with Crippen molar-refractivity contribution in [2.45, 2.75) is 18.8 Å². The van der Waals surface area contributed by atoms with Crippen molar-refractivity contribution in [1.29, 1.82) is 0 Å². The first-order chi connectivity index (χ1) is 14.9. The molecule has 1 unspecified atom stereocenters. The molecule has 2 heterocycles. The molecule has 0 radical (unpaired) electrons. The number of benzene rings is 2. The van der Waals surface area contributed by atoms with E-state index in [1.54, 1.807) is 6.07 Å². The van der Waals surface area contributed by atoms with Gasteiger partial charge in [-0.15, -0.1) is 10.2 Å². The van der Waals surface area contributed by atoms with Crippen molar-refractivity contribution < 1.29 is 22.8 Å². The van der Waals surface area contributed by atoms with Gasteiger partial charge in [-0.25, -0.2) is 13.2 Å². The van der Waals surface area contributed by atoms with Crippen molar-refractivity contribution in [2.24, 2.45) is 0 Å². The fourth-order valence-electron chi connectivity index (χ4n) is 3.47. The average Bonchev–Trinajstić information content (AvgIpc) is 3.24. The number of hydrogen-bond donors (Lipinski definition) is 1. The number of rotatable bonds is 4. The van der Waals surface area contributed by atoms with Crippen molar-refractivity contribution >= 4 is 28.8 Å². The van der Waals surface area contributed by atoms with E-state index in [-0.39, 0.29) is 17.5 Å². The van der Waals surface area contributed by atoms with Crippen LogP contribution in [-0.2, 0) is 0 Å². The third-order valence-corrected chi connectivity index (χ3v) is 6.04. The molecule has 6 nitrogen and oxygen atoms in total. The van der Waals surface area contributed by atoms with Crippen LogP contribution in [0.1, 0.15) is 43.9 Å². The molecule has 3 aromatic rings. The quantitative estimate of drug-likeness (QED) is 0.651. The second kappa shape index (κ2) is 8.84. The van der Waals surface area contributed by atoms with Crippen LogP contribution in [0.25, 0.3) is 0 Å². The Bertz CT molecular complexity index is 1120. The smallest absolute Gasteiger partial charge is 0.286 e. The molecule has 0 bridgehead atoms. The predicted molar refractivity (Wildman–Crippen MR) is 108 cm³/mol. The van der Waals surface area contributed by atoms with Gasteiger partial charge in [-0.3, -0.25) is 9.59 Å². The minimum atomic E-state index is -0.903. The van der Waals surface area contributed by atoms with Gasteiger partial charge in [-0.1, -0.05) is 23.5 Å². The zero-order chi connectivity index (χ0) is 22.0. The standard InChI is InChI=1S/C21H17F3N4O2S/c22-13-5-1-6-14(10-13)25-18(29)20-27-26-19(31-20)12-4-3-9-28(11-12)21(30)17-15(23)7-2-8-16(17)24/h1-2,5-8,10,12H,3-4,9,11H2,(H,25,29). The summed E-state index contributed by atoms with van der Waals surface area (Å²) in [5, 5.41) is 11.2. The fraction of sp³-hybridized carbons (Fsp3) is 0.238. The monoisotopic (exact) mass is 446 g/mol. The lowest BCUT2D eigenvalue weighted by molar-refractivity contribution is 0.0696. The number of halogens is 3. The number of aromatic nitrogens is 2. The summed E-state index contributed by atoms with van der Waals surface area (Å²) in [6.45, 7) is 0.585. The van der Waals surface area contributed by atoms with E-state index < -0.39 is 34.8 Å². The maximum Gasteiger partial charge on any atom is 0.286 e. The van der Waals surface area contributed by atoms with Crippen LogP contribution < -0.4 is 5.32 Å². The van der Waals surface area contributed by atoms with Crippen LogP contribution in [0.15, 0.2) is 42.5 Å². The lowest BCUT2D eigenvalue weighted by atomic mass is 9.98. The van der Waals surface area contributed by atoms with Gasteiger partial charge in [0.2, 0.25) is 5.01 Å². The first-order valence-electron chi connectivity index (χ1n) is 9.56. The lowest BCUT2D eigenvalue weighted by Crippen LogP contribution is -2.39. The van der Waals surface area contributed by atoms with E-state index in [9.17, 15) is 22.8 Å². The van der Waals surface area contributed by atoms with Gasteiger partial charge < -0.3 is 10.2 Å². The molecule has 1 N–H and O–H groups in total. The first kappa shape index (κ1) is 21.0. The molecule has 1 saturated heterocycles. The van der Waals surface area contributed by atoms with Crippen LogP contribution in [0.3, 0.4) is 0 Å². The minimum Gasteiger partial charge on any atom is -0.338 e. The van der Waals surface area contributed by atoms with E-state index in [0.717, 1.165) is 23.5 Å². The number of anilines is 1. The van der Waals surface area contributed by atoms with Gasteiger partial charge in [0, 0.05) is 24.7 Å². The van der Waals surface area contributed by atoms with Crippen molar-refractivity contribution in [1.82, 2.24) is 15.1 Å². The topological polar surface area (TPSA) is 75.2 Å². The van der Waals surface area contributed by atoms with E-state index in [1.807, 2.05) is 0 Å². The molecule has 1 aliphatic heterocycles. The molecule has 0 aliphatic carbocycles. The van der Waals surface area contributed by atoms with E-state index >= 15 is 0 Å². The Morgan fingerprint density at radius 2 is 1.81 bits per heavy atom. The summed E-state index contributed by atoms with van der Waals surface area (Å²) >= 11 is 1.07. The molecular formula is C21H17F3N4O2S. The highest BCUT2D eigenvalue weighted by atomic mass is 32.1. The summed E-state index contributed by atoms with van der Waals surface area (Å²) in [5.41, 5.74) is -0.279. The molecule has 1 fully saturated rings. The zero-order valence-corrected chi connectivity index (χ0v) is 17.0. The Labute approximate surface area is 179 Å². The Morgan fingerprint density at radius 1 is 1.06 bits per heavy atom. The van der Waals surface area contributed by atoms with Gasteiger partial charge in [0.05, 0.1) is 0 Å². The van der Waals surface area contributed by atoms with Gasteiger partial charge in [0.25, 0.3) is 11.8 Å². The summed E-state index contributed by atoms with van der Waals surface area (Å²) in [6.07, 6.45) is 1.32. The average molecular weight is 446 g/mol.